The van der Waals surface area contributed by atoms with Crippen LogP contribution in [-0.2, 0) is 19.0 Å². The molecule has 1 rings (SSSR count). The van der Waals surface area contributed by atoms with Gasteiger partial charge in [-0.25, -0.2) is 9.59 Å². The van der Waals surface area contributed by atoms with Gasteiger partial charge in [-0.05, 0) is 39.0 Å². The van der Waals surface area contributed by atoms with Crippen LogP contribution in [0.25, 0.3) is 0 Å². The number of allylic oxidation sites excluding steroid dienone is 1. The van der Waals surface area contributed by atoms with Crippen molar-refractivity contribution in [2.45, 2.75) is 84.5 Å². The second kappa shape index (κ2) is 10.2. The monoisotopic (exact) mass is 312 g/mol. The van der Waals surface area contributed by atoms with Crippen LogP contribution in [-0.4, -0.2) is 24.5 Å². The van der Waals surface area contributed by atoms with Crippen LogP contribution in [0, 0.1) is 0 Å². The van der Waals surface area contributed by atoms with Gasteiger partial charge in [0.25, 0.3) is 0 Å². The van der Waals surface area contributed by atoms with Gasteiger partial charge < -0.3 is 14.2 Å². The summed E-state index contributed by atoms with van der Waals surface area (Å²) in [4.78, 5) is 23.4. The number of hydrogen-bond donors (Lipinski definition) is 0. The topological polar surface area (TPSA) is 61.8 Å². The van der Waals surface area contributed by atoms with Crippen LogP contribution in [0.2, 0.25) is 0 Å². The number of carbonyl (C=O) groups is 2. The van der Waals surface area contributed by atoms with Gasteiger partial charge in [-0.1, -0.05) is 32.3 Å². The van der Waals surface area contributed by atoms with E-state index in [1.807, 2.05) is 6.08 Å². The average Bonchev–Trinajstić information content (AvgIpc) is 2.47. The van der Waals surface area contributed by atoms with Crippen molar-refractivity contribution in [2.24, 2.45) is 0 Å². The highest BCUT2D eigenvalue weighted by Crippen LogP contribution is 2.20. The molecule has 22 heavy (non-hydrogen) atoms. The third kappa shape index (κ3) is 7.48. The van der Waals surface area contributed by atoms with E-state index in [-0.39, 0.29) is 6.10 Å². The first kappa shape index (κ1) is 18.5. The Kier molecular flexibility index (Phi) is 8.63. The summed E-state index contributed by atoms with van der Waals surface area (Å²) < 4.78 is 15.3. The fourth-order valence-corrected chi connectivity index (χ4v) is 2.36. The van der Waals surface area contributed by atoms with Crippen molar-refractivity contribution in [1.82, 2.24) is 0 Å². The third-order valence-corrected chi connectivity index (χ3v) is 3.68. The van der Waals surface area contributed by atoms with Crippen LogP contribution in [0.15, 0.2) is 11.6 Å². The van der Waals surface area contributed by atoms with Crippen molar-refractivity contribution in [3.8, 4) is 0 Å². The predicted molar refractivity (Wildman–Crippen MR) is 83.3 cm³/mol. The number of ether oxygens (including phenoxy) is 3. The molecule has 0 aromatic rings. The molecule has 1 aliphatic rings. The molecule has 0 aromatic carbocycles. The summed E-state index contributed by atoms with van der Waals surface area (Å²) in [7, 11) is 0. The number of unbranched alkanes of at least 4 members (excludes halogenated alkanes) is 2. The molecule has 5 nitrogen and oxygen atoms in total. The Morgan fingerprint density at radius 3 is 2.50 bits per heavy atom. The molecular weight excluding hydrogens is 284 g/mol. The highest BCUT2D eigenvalue weighted by atomic mass is 16.8. The van der Waals surface area contributed by atoms with Gasteiger partial charge >= 0.3 is 12.1 Å². The van der Waals surface area contributed by atoms with Gasteiger partial charge in [0.15, 0.2) is 0 Å². The zero-order valence-electron chi connectivity index (χ0n) is 13.9. The molecule has 1 aliphatic carbocycles. The van der Waals surface area contributed by atoms with Crippen molar-refractivity contribution < 1.29 is 23.8 Å². The van der Waals surface area contributed by atoms with E-state index in [0.29, 0.717) is 5.57 Å². The fourth-order valence-electron chi connectivity index (χ4n) is 2.36. The van der Waals surface area contributed by atoms with Crippen LogP contribution in [0.3, 0.4) is 0 Å². The van der Waals surface area contributed by atoms with Gasteiger partial charge in [0.1, 0.15) is 6.10 Å². The minimum Gasteiger partial charge on any atom is -0.431 e. The Labute approximate surface area is 133 Å². The summed E-state index contributed by atoms with van der Waals surface area (Å²) in [5.74, 6) is -0.464. The molecule has 1 atom stereocenters. The molecule has 0 amide bonds. The molecule has 1 fully saturated rings. The van der Waals surface area contributed by atoms with Gasteiger partial charge in [0.2, 0.25) is 6.29 Å². The Hall–Kier alpha value is -1.52. The minimum atomic E-state index is -0.946. The van der Waals surface area contributed by atoms with E-state index < -0.39 is 18.4 Å². The largest absolute Gasteiger partial charge is 0.511 e. The second-order valence-electron chi connectivity index (χ2n) is 5.75. The quantitative estimate of drug-likeness (QED) is 0.300. The molecule has 0 aliphatic heterocycles. The normalized spacial score (nSPS) is 17.7. The van der Waals surface area contributed by atoms with Crippen LogP contribution in [0.1, 0.15) is 72.1 Å². The predicted octanol–water partition coefficient (Wildman–Crippen LogP) is 4.50. The molecule has 5 heteroatoms. The molecule has 0 N–H and O–H groups in total. The molecule has 0 saturated heterocycles. The van der Waals surface area contributed by atoms with Crippen LogP contribution in [0.5, 0.6) is 0 Å². The minimum absolute atomic E-state index is 0.0696. The molecule has 0 aromatic heterocycles. The molecule has 0 bridgehead atoms. The van der Waals surface area contributed by atoms with Crippen molar-refractivity contribution in [1.29, 1.82) is 0 Å². The lowest BCUT2D eigenvalue weighted by Crippen LogP contribution is -2.26. The standard InChI is InChI=1S/C17H28O5/c1-4-5-7-10-13(2)16(18)20-14(3)21-17(19)22-15-11-8-6-9-12-15/h10,14-15H,4-9,11-12H2,1-3H3. The van der Waals surface area contributed by atoms with Gasteiger partial charge in [-0.2, -0.15) is 0 Å². The SMILES string of the molecule is CCCCC=C(C)C(=O)OC(C)OC(=O)OC1CCCCC1. The number of rotatable bonds is 7. The average molecular weight is 312 g/mol. The third-order valence-electron chi connectivity index (χ3n) is 3.68. The van der Waals surface area contributed by atoms with E-state index in [0.717, 1.165) is 44.9 Å². The summed E-state index contributed by atoms with van der Waals surface area (Å²) in [5, 5.41) is 0. The van der Waals surface area contributed by atoms with Crippen molar-refractivity contribution >= 4 is 12.1 Å². The maximum Gasteiger partial charge on any atom is 0.511 e. The zero-order valence-corrected chi connectivity index (χ0v) is 13.9. The lowest BCUT2D eigenvalue weighted by atomic mass is 9.98. The van der Waals surface area contributed by atoms with E-state index in [1.54, 1.807) is 6.92 Å². The maximum atomic E-state index is 11.8. The lowest BCUT2D eigenvalue weighted by molar-refractivity contribution is -0.164. The zero-order chi connectivity index (χ0) is 16.4. The summed E-state index contributed by atoms with van der Waals surface area (Å²) in [5.41, 5.74) is 0.532. The molecule has 0 spiro atoms. The first-order chi connectivity index (χ1) is 10.5. The van der Waals surface area contributed by atoms with Gasteiger partial charge in [0, 0.05) is 12.5 Å². The van der Waals surface area contributed by atoms with Crippen LogP contribution in [0.4, 0.5) is 4.79 Å². The molecular formula is C17H28O5. The highest BCUT2D eigenvalue weighted by Gasteiger charge is 2.21. The Bertz CT molecular complexity index is 383. The second-order valence-corrected chi connectivity index (χ2v) is 5.75. The van der Waals surface area contributed by atoms with E-state index in [1.165, 1.54) is 13.3 Å². The van der Waals surface area contributed by atoms with Crippen molar-refractivity contribution in [3.05, 3.63) is 11.6 Å². The summed E-state index contributed by atoms with van der Waals surface area (Å²) in [6, 6.07) is 0. The van der Waals surface area contributed by atoms with Gasteiger partial charge in [0.05, 0.1) is 0 Å². The number of carbonyl (C=O) groups excluding carboxylic acids is 2. The van der Waals surface area contributed by atoms with E-state index >= 15 is 0 Å². The lowest BCUT2D eigenvalue weighted by Gasteiger charge is -2.22. The first-order valence-electron chi connectivity index (χ1n) is 8.28. The van der Waals surface area contributed by atoms with E-state index in [2.05, 4.69) is 6.92 Å². The van der Waals surface area contributed by atoms with Crippen LogP contribution < -0.4 is 0 Å². The van der Waals surface area contributed by atoms with E-state index in [9.17, 15) is 9.59 Å². The summed E-state index contributed by atoms with van der Waals surface area (Å²) in [6.45, 7) is 5.31. The summed E-state index contributed by atoms with van der Waals surface area (Å²) >= 11 is 0. The van der Waals surface area contributed by atoms with Crippen molar-refractivity contribution in [3.63, 3.8) is 0 Å². The smallest absolute Gasteiger partial charge is 0.431 e. The molecule has 0 radical (unpaired) electrons. The van der Waals surface area contributed by atoms with Gasteiger partial charge in [-0.15, -0.1) is 0 Å². The molecule has 1 saturated carbocycles. The Balaban J connectivity index is 2.28. The maximum absolute atomic E-state index is 11.8. The molecule has 0 heterocycles. The molecule has 126 valence electrons. The first-order valence-corrected chi connectivity index (χ1v) is 8.28. The van der Waals surface area contributed by atoms with E-state index in [4.69, 9.17) is 14.2 Å². The Morgan fingerprint density at radius 1 is 1.18 bits per heavy atom. The number of hydrogen-bond acceptors (Lipinski definition) is 5. The van der Waals surface area contributed by atoms with Gasteiger partial charge in [-0.3, -0.25) is 0 Å². The summed E-state index contributed by atoms with van der Waals surface area (Å²) in [6.07, 6.45) is 8.11. The molecule has 1 unspecified atom stereocenters. The van der Waals surface area contributed by atoms with Crippen molar-refractivity contribution in [2.75, 3.05) is 0 Å². The van der Waals surface area contributed by atoms with Crippen LogP contribution >= 0.6 is 0 Å². The fraction of sp³-hybridized carbons (Fsp3) is 0.765. The number of esters is 1. The Morgan fingerprint density at radius 2 is 1.86 bits per heavy atom. The highest BCUT2D eigenvalue weighted by molar-refractivity contribution is 5.87.